The highest BCUT2D eigenvalue weighted by Gasteiger charge is 2.35. The second-order valence-electron chi connectivity index (χ2n) is 9.84. The summed E-state index contributed by atoms with van der Waals surface area (Å²) in [7, 11) is 0. The quantitative estimate of drug-likeness (QED) is 0.535. The maximum absolute atomic E-state index is 6.40. The van der Waals surface area contributed by atoms with Gasteiger partial charge in [0.2, 0.25) is 5.88 Å². The van der Waals surface area contributed by atoms with E-state index in [1.165, 1.54) is 63.6 Å². The number of unbranched alkanes of at least 4 members (excludes halogenated alkanes) is 1. The molecule has 172 valence electrons. The Labute approximate surface area is 192 Å². The lowest BCUT2D eigenvalue weighted by molar-refractivity contribution is -0.0104. The minimum atomic E-state index is 0.243. The highest BCUT2D eigenvalue weighted by atomic mass is 16.5. The number of hydrogen-bond donors (Lipinski definition) is 0. The fourth-order valence-corrected chi connectivity index (χ4v) is 5.52. The first-order valence-corrected chi connectivity index (χ1v) is 12.8. The van der Waals surface area contributed by atoms with E-state index in [-0.39, 0.29) is 6.10 Å². The van der Waals surface area contributed by atoms with E-state index in [2.05, 4.69) is 52.4 Å². The molecule has 4 aliphatic rings. The second-order valence-corrected chi connectivity index (χ2v) is 9.84. The number of piperidine rings is 3. The van der Waals surface area contributed by atoms with E-state index in [0.29, 0.717) is 17.9 Å². The van der Waals surface area contributed by atoms with Crippen LogP contribution in [0, 0.1) is 5.92 Å². The van der Waals surface area contributed by atoms with Gasteiger partial charge in [0.25, 0.3) is 0 Å². The van der Waals surface area contributed by atoms with Crippen LogP contribution in [0.5, 0.6) is 11.6 Å². The molecule has 3 saturated heterocycles. The molecule has 0 radical (unpaired) electrons. The lowest BCUT2D eigenvalue weighted by Crippen LogP contribution is -2.52. The number of aryl methyl sites for hydroxylation is 1. The fourth-order valence-electron chi connectivity index (χ4n) is 5.52. The van der Waals surface area contributed by atoms with Crippen LogP contribution in [0.2, 0.25) is 0 Å². The molecule has 4 fully saturated rings. The number of hydrogen-bond acceptors (Lipinski definition) is 5. The van der Waals surface area contributed by atoms with Crippen molar-refractivity contribution in [3.05, 3.63) is 36.0 Å². The Bertz CT molecular complexity index is 871. The smallest absolute Gasteiger partial charge is 0.234 e. The average molecular weight is 436 g/mol. The maximum atomic E-state index is 6.40. The van der Waals surface area contributed by atoms with E-state index in [9.17, 15) is 0 Å². The second kappa shape index (κ2) is 10.2. The molecule has 32 heavy (non-hydrogen) atoms. The maximum Gasteiger partial charge on any atom is 0.234 e. The largest absolute Gasteiger partial charge is 0.490 e. The Morgan fingerprint density at radius 3 is 2.41 bits per heavy atom. The number of fused-ring (bicyclic) bond motifs is 3. The van der Waals surface area contributed by atoms with Crippen molar-refractivity contribution < 1.29 is 9.47 Å². The molecule has 0 spiro atoms. The third kappa shape index (κ3) is 5.09. The third-order valence-electron chi connectivity index (χ3n) is 7.50. The fraction of sp³-hybridized carbons (Fsp3) is 0.630. The average Bonchev–Trinajstić information content (AvgIpc) is 2.85. The number of benzene rings is 1. The summed E-state index contributed by atoms with van der Waals surface area (Å²) in [5.41, 5.74) is 3.38. The molecule has 2 aromatic rings. The van der Waals surface area contributed by atoms with Gasteiger partial charge in [-0.25, -0.2) is 0 Å². The van der Waals surface area contributed by atoms with Crippen molar-refractivity contribution in [2.45, 2.75) is 83.3 Å². The summed E-state index contributed by atoms with van der Waals surface area (Å²) < 4.78 is 12.6. The van der Waals surface area contributed by atoms with Gasteiger partial charge in [0.15, 0.2) is 0 Å². The van der Waals surface area contributed by atoms with Crippen LogP contribution >= 0.6 is 0 Å². The molecule has 5 nitrogen and oxygen atoms in total. The zero-order valence-corrected chi connectivity index (χ0v) is 19.5. The van der Waals surface area contributed by atoms with Crippen molar-refractivity contribution in [2.75, 3.05) is 19.6 Å². The predicted octanol–water partition coefficient (Wildman–Crippen LogP) is 5.67. The van der Waals surface area contributed by atoms with Crippen molar-refractivity contribution in [3.8, 4) is 22.8 Å². The van der Waals surface area contributed by atoms with Crippen LogP contribution in [0.3, 0.4) is 0 Å². The molecule has 6 rings (SSSR count). The standard InChI is InChI=1S/C27H37N3O2/c1-2-3-9-25-24(20-10-12-23(13-11-20)31-22-7-5-4-6-8-22)18-27(29-28-25)32-26-19-30-16-14-21(26)15-17-30/h10-13,18,21-22,26H,2-9,14-17,19H2,1H3. The van der Waals surface area contributed by atoms with Crippen molar-refractivity contribution in [1.29, 1.82) is 0 Å². The minimum Gasteiger partial charge on any atom is -0.490 e. The monoisotopic (exact) mass is 435 g/mol. The number of rotatable bonds is 8. The number of aromatic nitrogens is 2. The van der Waals surface area contributed by atoms with Gasteiger partial charge >= 0.3 is 0 Å². The van der Waals surface area contributed by atoms with Crippen LogP contribution in [0.4, 0.5) is 0 Å². The van der Waals surface area contributed by atoms with Gasteiger partial charge in [0.05, 0.1) is 11.8 Å². The summed E-state index contributed by atoms with van der Waals surface area (Å²) in [5, 5.41) is 9.09. The van der Waals surface area contributed by atoms with Crippen LogP contribution < -0.4 is 9.47 Å². The highest BCUT2D eigenvalue weighted by Crippen LogP contribution is 2.33. The highest BCUT2D eigenvalue weighted by molar-refractivity contribution is 5.67. The molecular weight excluding hydrogens is 398 g/mol. The topological polar surface area (TPSA) is 47.5 Å². The molecular formula is C27H37N3O2. The summed E-state index contributed by atoms with van der Waals surface area (Å²) in [6.45, 7) is 5.67. The Morgan fingerprint density at radius 1 is 0.938 bits per heavy atom. The Kier molecular flexibility index (Phi) is 6.92. The van der Waals surface area contributed by atoms with E-state index in [1.807, 2.05) is 0 Å². The van der Waals surface area contributed by atoms with Gasteiger partial charge in [-0.2, -0.15) is 5.10 Å². The van der Waals surface area contributed by atoms with Gasteiger partial charge in [0, 0.05) is 18.2 Å². The molecule has 1 aromatic heterocycles. The lowest BCUT2D eigenvalue weighted by Gasteiger charge is -2.44. The van der Waals surface area contributed by atoms with E-state index in [1.54, 1.807) is 0 Å². The van der Waals surface area contributed by atoms with E-state index < -0.39 is 0 Å². The van der Waals surface area contributed by atoms with Gasteiger partial charge in [-0.3, -0.25) is 4.90 Å². The van der Waals surface area contributed by atoms with Crippen LogP contribution in [-0.4, -0.2) is 46.9 Å². The molecule has 4 heterocycles. The van der Waals surface area contributed by atoms with Gasteiger partial charge < -0.3 is 9.47 Å². The summed E-state index contributed by atoms with van der Waals surface area (Å²) in [6, 6.07) is 10.7. The molecule has 1 aliphatic carbocycles. The third-order valence-corrected chi connectivity index (χ3v) is 7.50. The summed E-state index contributed by atoms with van der Waals surface area (Å²) in [6.07, 6.45) is 12.6. The number of ether oxygens (including phenoxy) is 2. The molecule has 1 atom stereocenters. The Balaban J connectivity index is 1.33. The molecule has 2 bridgehead atoms. The van der Waals surface area contributed by atoms with Crippen LogP contribution in [0.1, 0.15) is 70.4 Å². The van der Waals surface area contributed by atoms with Crippen LogP contribution in [-0.2, 0) is 6.42 Å². The van der Waals surface area contributed by atoms with Crippen molar-refractivity contribution in [1.82, 2.24) is 15.1 Å². The van der Waals surface area contributed by atoms with Gasteiger partial charge in [0.1, 0.15) is 11.9 Å². The van der Waals surface area contributed by atoms with Crippen molar-refractivity contribution in [2.24, 2.45) is 5.92 Å². The molecule has 1 saturated carbocycles. The molecule has 1 unspecified atom stereocenters. The van der Waals surface area contributed by atoms with E-state index in [4.69, 9.17) is 9.47 Å². The molecule has 1 aromatic carbocycles. The van der Waals surface area contributed by atoms with Gasteiger partial charge in [-0.15, -0.1) is 5.10 Å². The van der Waals surface area contributed by atoms with Crippen LogP contribution in [0.15, 0.2) is 30.3 Å². The van der Waals surface area contributed by atoms with Crippen molar-refractivity contribution >= 4 is 0 Å². The zero-order valence-electron chi connectivity index (χ0n) is 19.5. The van der Waals surface area contributed by atoms with Gasteiger partial charge in [-0.1, -0.05) is 31.9 Å². The Hall–Kier alpha value is -2.14. The van der Waals surface area contributed by atoms with Gasteiger partial charge in [-0.05, 0) is 88.1 Å². The number of nitrogens with zero attached hydrogens (tertiary/aromatic N) is 3. The summed E-state index contributed by atoms with van der Waals surface area (Å²) in [4.78, 5) is 2.51. The molecule has 0 amide bonds. The zero-order chi connectivity index (χ0) is 21.8. The summed E-state index contributed by atoms with van der Waals surface area (Å²) >= 11 is 0. The lowest BCUT2D eigenvalue weighted by atomic mass is 9.86. The summed E-state index contributed by atoms with van der Waals surface area (Å²) in [5.74, 6) is 2.30. The van der Waals surface area contributed by atoms with E-state index >= 15 is 0 Å². The first kappa shape index (κ1) is 21.7. The molecule has 5 heteroatoms. The predicted molar refractivity (Wildman–Crippen MR) is 127 cm³/mol. The Morgan fingerprint density at radius 2 is 1.72 bits per heavy atom. The first-order chi connectivity index (χ1) is 15.8. The normalized spacial score (nSPS) is 25.6. The minimum absolute atomic E-state index is 0.243. The van der Waals surface area contributed by atoms with E-state index in [0.717, 1.165) is 42.8 Å². The molecule has 0 N–H and O–H groups in total. The first-order valence-electron chi connectivity index (χ1n) is 12.8. The SMILES string of the molecule is CCCCc1nnc(OC2CN3CCC2CC3)cc1-c1ccc(OC2CCCCC2)cc1. The molecule has 3 aliphatic heterocycles. The van der Waals surface area contributed by atoms with Crippen molar-refractivity contribution in [3.63, 3.8) is 0 Å². The van der Waals surface area contributed by atoms with Crippen LogP contribution in [0.25, 0.3) is 11.1 Å².